The Morgan fingerprint density at radius 3 is 1.30 bits per heavy atom. The molecule has 2 heterocycles. The van der Waals surface area contributed by atoms with E-state index in [0.717, 1.165) is 22.4 Å². The van der Waals surface area contributed by atoms with Crippen molar-refractivity contribution in [2.45, 2.75) is 18.2 Å². The summed E-state index contributed by atoms with van der Waals surface area (Å²) in [5.41, 5.74) is 22.5. The van der Waals surface area contributed by atoms with Gasteiger partial charge in [-0.3, -0.25) is 5.32 Å². The molecule has 0 bridgehead atoms. The zero-order chi connectivity index (χ0) is 48.9. The van der Waals surface area contributed by atoms with Crippen molar-refractivity contribution in [3.63, 3.8) is 0 Å². The van der Waals surface area contributed by atoms with Crippen molar-refractivity contribution in [3.05, 3.63) is 330 Å². The van der Waals surface area contributed by atoms with E-state index in [1.807, 2.05) is 0 Å². The molecule has 0 fully saturated rings. The lowest BCUT2D eigenvalue weighted by Crippen LogP contribution is -2.39. The maximum Gasteiger partial charge on any atom is 0.104 e. The highest BCUT2D eigenvalue weighted by molar-refractivity contribution is 6.24. The molecule has 2 N–H and O–H groups in total. The largest absolute Gasteiger partial charge is 0.366 e. The molecule has 12 rings (SSSR count). The molecule has 0 spiro atoms. The summed E-state index contributed by atoms with van der Waals surface area (Å²) in [5, 5.41) is 7.95. The number of rotatable bonds is 11. The maximum atomic E-state index is 4.01. The van der Waals surface area contributed by atoms with Crippen molar-refractivity contribution in [2.24, 2.45) is 0 Å². The first-order chi connectivity index (χ1) is 36.1. The molecule has 3 nitrogen and oxygen atoms in total. The van der Waals surface area contributed by atoms with Gasteiger partial charge in [0.2, 0.25) is 0 Å². The molecule has 10 aromatic rings. The summed E-state index contributed by atoms with van der Waals surface area (Å²) < 4.78 is 0. The van der Waals surface area contributed by atoms with E-state index in [0.29, 0.717) is 0 Å². The molecule has 73 heavy (non-hydrogen) atoms. The van der Waals surface area contributed by atoms with Crippen LogP contribution in [0.2, 0.25) is 0 Å². The average Bonchev–Trinajstić information content (AvgIpc) is 3.48. The molecule has 2 aliphatic heterocycles. The Bertz CT molecular complexity index is 3550. The molecule has 0 saturated carbocycles. The van der Waals surface area contributed by atoms with E-state index in [4.69, 9.17) is 0 Å². The Labute approximate surface area is 429 Å². The minimum absolute atomic E-state index is 0.0741. The zero-order valence-corrected chi connectivity index (χ0v) is 40.8. The molecule has 350 valence electrons. The van der Waals surface area contributed by atoms with E-state index in [1.54, 1.807) is 0 Å². The monoisotopic (exact) mass is 937 g/mol. The summed E-state index contributed by atoms with van der Waals surface area (Å²) in [6.45, 7) is 0. The number of likely N-dealkylation sites (N-methyl/N-ethyl adjacent to an activating group) is 1. The first kappa shape index (κ1) is 45.1. The van der Waals surface area contributed by atoms with Gasteiger partial charge in [0.05, 0.1) is 17.8 Å². The molecule has 2 aliphatic rings. The Kier molecular flexibility index (Phi) is 12.6. The van der Waals surface area contributed by atoms with Crippen LogP contribution in [-0.2, 0) is 0 Å². The summed E-state index contributed by atoms with van der Waals surface area (Å²) >= 11 is 0. The van der Waals surface area contributed by atoms with E-state index in [1.165, 1.54) is 83.6 Å². The Morgan fingerprint density at radius 1 is 0.315 bits per heavy atom. The average molecular weight is 938 g/mol. The third-order valence-corrected chi connectivity index (χ3v) is 14.4. The zero-order valence-electron chi connectivity index (χ0n) is 40.8. The van der Waals surface area contributed by atoms with E-state index in [-0.39, 0.29) is 18.2 Å². The highest BCUT2D eigenvalue weighted by Crippen LogP contribution is 2.54. The number of benzene rings is 10. The van der Waals surface area contributed by atoms with Gasteiger partial charge in [0.1, 0.15) is 6.17 Å². The molecular formula is C70H55N3. The second kappa shape index (κ2) is 20.4. The van der Waals surface area contributed by atoms with Gasteiger partial charge in [-0.15, -0.1) is 0 Å². The van der Waals surface area contributed by atoms with Crippen LogP contribution in [0.25, 0.3) is 61.5 Å². The van der Waals surface area contributed by atoms with Crippen LogP contribution in [0.4, 0.5) is 0 Å². The smallest absolute Gasteiger partial charge is 0.104 e. The number of hydrogen-bond donors (Lipinski definition) is 2. The second-order valence-electron chi connectivity index (χ2n) is 19.0. The molecule has 0 radical (unpaired) electrons. The molecule has 0 saturated heterocycles. The molecule has 10 aromatic carbocycles. The van der Waals surface area contributed by atoms with Gasteiger partial charge in [-0.25, -0.2) is 0 Å². The van der Waals surface area contributed by atoms with Gasteiger partial charge in [0.15, 0.2) is 0 Å². The summed E-state index contributed by atoms with van der Waals surface area (Å²) in [5.74, 6) is 0. The van der Waals surface area contributed by atoms with Crippen LogP contribution in [0.3, 0.4) is 0 Å². The lowest BCUT2D eigenvalue weighted by Gasteiger charge is -2.42. The minimum atomic E-state index is -0.133. The topological polar surface area (TPSA) is 27.3 Å². The highest BCUT2D eigenvalue weighted by atomic mass is 15.2. The second-order valence-corrected chi connectivity index (χ2v) is 19.0. The third-order valence-electron chi connectivity index (χ3n) is 14.4. The molecule has 3 heteroatoms. The third kappa shape index (κ3) is 9.27. The first-order valence-electron chi connectivity index (χ1n) is 25.3. The van der Waals surface area contributed by atoms with Crippen LogP contribution in [0.1, 0.15) is 62.8 Å². The van der Waals surface area contributed by atoms with Crippen LogP contribution < -0.4 is 10.6 Å². The fraction of sp³-hybridized carbons (Fsp3) is 0.0571. The first-order valence-corrected chi connectivity index (χ1v) is 25.3. The fourth-order valence-electron chi connectivity index (χ4n) is 10.9. The molecule has 3 unspecified atom stereocenters. The molecule has 3 atom stereocenters. The molecule has 0 amide bonds. The summed E-state index contributed by atoms with van der Waals surface area (Å²) in [4.78, 5) is 2.50. The predicted molar refractivity (Wildman–Crippen MR) is 305 cm³/mol. The van der Waals surface area contributed by atoms with Crippen molar-refractivity contribution in [3.8, 4) is 33.4 Å². The highest BCUT2D eigenvalue weighted by Gasteiger charge is 2.37. The van der Waals surface area contributed by atoms with Gasteiger partial charge in [-0.1, -0.05) is 249 Å². The van der Waals surface area contributed by atoms with Gasteiger partial charge in [-0.2, -0.15) is 0 Å². The normalized spacial score (nSPS) is 16.7. The SMILES string of the molecule is CN1C(c2ccccc2)=C(c2ccccc2)C(c2cccc(-c3cccc(C4C=C(c5cc(-c6ccccc6)cc(-c6ccccc6)c5)NC(c5ccccc5)N4)c3)c2)=C(c2ccccc2)C1c1ccccc1. The number of nitrogens with one attached hydrogen (secondary N) is 2. The molecule has 0 aromatic heterocycles. The molecule has 0 aliphatic carbocycles. The van der Waals surface area contributed by atoms with Crippen LogP contribution in [0.5, 0.6) is 0 Å². The Morgan fingerprint density at radius 2 is 0.726 bits per heavy atom. The van der Waals surface area contributed by atoms with Gasteiger partial charge < -0.3 is 10.2 Å². The predicted octanol–water partition coefficient (Wildman–Crippen LogP) is 16.8. The summed E-state index contributed by atoms with van der Waals surface area (Å²) in [7, 11) is 2.27. The fourth-order valence-corrected chi connectivity index (χ4v) is 10.9. The Hall–Kier alpha value is -9.02. The van der Waals surface area contributed by atoms with E-state index in [9.17, 15) is 0 Å². The van der Waals surface area contributed by atoms with E-state index < -0.39 is 0 Å². The van der Waals surface area contributed by atoms with Crippen LogP contribution in [0.15, 0.2) is 285 Å². The van der Waals surface area contributed by atoms with Gasteiger partial charge in [0.25, 0.3) is 0 Å². The summed E-state index contributed by atoms with van der Waals surface area (Å²) in [6, 6.07) is 101. The number of nitrogens with zero attached hydrogens (tertiary/aromatic N) is 1. The van der Waals surface area contributed by atoms with Crippen LogP contribution >= 0.6 is 0 Å². The standard InChI is InChI=1S/C70H55N3/c1-73-68(53-33-17-6-18-34-53)66(51-29-13-4-14-30-51)65(67(52-31-15-5-16-32-52)69(73)54-35-19-7-20-36-54)59-42-24-40-57(44-59)56-39-23-41-58(43-56)63-48-64(72-70(71-63)55-37-21-8-22-38-55)62-46-60(49-25-9-2-10-26-49)45-61(47-62)50-27-11-3-12-28-50/h2-48,63,68,70-72H,1H3. The van der Waals surface area contributed by atoms with Crippen LogP contribution in [-0.4, -0.2) is 11.9 Å². The van der Waals surface area contributed by atoms with Crippen molar-refractivity contribution in [1.82, 2.24) is 15.5 Å². The lowest BCUT2D eigenvalue weighted by atomic mass is 9.76. The van der Waals surface area contributed by atoms with Gasteiger partial charge in [0, 0.05) is 18.3 Å². The van der Waals surface area contributed by atoms with Crippen molar-refractivity contribution < 1.29 is 0 Å². The number of allylic oxidation sites excluding steroid dienone is 2. The lowest BCUT2D eigenvalue weighted by molar-refractivity contribution is 0.425. The van der Waals surface area contributed by atoms with E-state index >= 15 is 0 Å². The number of hydrogen-bond acceptors (Lipinski definition) is 3. The van der Waals surface area contributed by atoms with Crippen LogP contribution in [0, 0.1) is 0 Å². The van der Waals surface area contributed by atoms with Gasteiger partial charge in [-0.05, 0) is 125 Å². The van der Waals surface area contributed by atoms with Crippen molar-refractivity contribution in [1.29, 1.82) is 0 Å². The van der Waals surface area contributed by atoms with E-state index in [2.05, 4.69) is 308 Å². The Balaban J connectivity index is 1.02. The van der Waals surface area contributed by atoms with Crippen molar-refractivity contribution >= 4 is 28.1 Å². The maximum absolute atomic E-state index is 4.01. The minimum Gasteiger partial charge on any atom is -0.366 e. The van der Waals surface area contributed by atoms with Gasteiger partial charge >= 0.3 is 0 Å². The van der Waals surface area contributed by atoms with Crippen molar-refractivity contribution in [2.75, 3.05) is 7.05 Å². The summed E-state index contributed by atoms with van der Waals surface area (Å²) in [6.07, 6.45) is 2.24. The molecular weight excluding hydrogens is 883 g/mol. The quantitative estimate of drug-likeness (QED) is 0.135.